The van der Waals surface area contributed by atoms with Gasteiger partial charge in [0.1, 0.15) is 0 Å². The van der Waals surface area contributed by atoms with Crippen molar-refractivity contribution in [3.05, 3.63) is 71.0 Å². The zero-order chi connectivity index (χ0) is 14.8. The normalized spacial score (nSPS) is 12.5. The summed E-state index contributed by atoms with van der Waals surface area (Å²) in [6.07, 6.45) is 4.23. The van der Waals surface area contributed by atoms with Gasteiger partial charge in [0, 0.05) is 18.4 Å². The molecule has 0 saturated heterocycles. The lowest BCUT2D eigenvalue weighted by Gasteiger charge is -2.14. The third-order valence-corrected chi connectivity index (χ3v) is 3.67. The Balaban J connectivity index is 1.95. The summed E-state index contributed by atoms with van der Waals surface area (Å²) >= 11 is 0. The molecule has 1 aromatic heterocycles. The Kier molecular flexibility index (Phi) is 3.67. The molecule has 0 aliphatic heterocycles. The van der Waals surface area contributed by atoms with E-state index >= 15 is 0 Å². The molecule has 2 aromatic carbocycles. The first kappa shape index (κ1) is 13.7. The average Bonchev–Trinajstić information content (AvgIpc) is 2.45. The molecule has 3 aromatic rings. The number of hydrogen-bond acceptors (Lipinski definition) is 3. The van der Waals surface area contributed by atoms with Gasteiger partial charge in [-0.15, -0.1) is 0 Å². The molecule has 0 aliphatic carbocycles. The number of hydrogen-bond donors (Lipinski definition) is 1. The summed E-state index contributed by atoms with van der Waals surface area (Å²) in [7, 11) is 0. The van der Waals surface area contributed by atoms with Gasteiger partial charge in [0.15, 0.2) is 0 Å². The Labute approximate surface area is 124 Å². The molecule has 0 radical (unpaired) electrons. The van der Waals surface area contributed by atoms with Crippen LogP contribution in [0.2, 0.25) is 0 Å². The lowest BCUT2D eigenvalue weighted by Crippen LogP contribution is -2.14. The van der Waals surface area contributed by atoms with Crippen molar-refractivity contribution in [1.82, 2.24) is 9.97 Å². The van der Waals surface area contributed by atoms with E-state index in [0.29, 0.717) is 0 Å². The van der Waals surface area contributed by atoms with Crippen molar-refractivity contribution in [2.45, 2.75) is 26.3 Å². The van der Waals surface area contributed by atoms with Crippen molar-refractivity contribution in [1.29, 1.82) is 0 Å². The van der Waals surface area contributed by atoms with Crippen LogP contribution in [0.4, 0.5) is 0 Å². The molecule has 3 nitrogen and oxygen atoms in total. The predicted molar refractivity (Wildman–Crippen MR) is 86.1 cm³/mol. The maximum absolute atomic E-state index is 6.43. The quantitative estimate of drug-likeness (QED) is 0.797. The minimum Gasteiger partial charge on any atom is -0.324 e. The van der Waals surface area contributed by atoms with Crippen molar-refractivity contribution in [3.63, 3.8) is 0 Å². The Morgan fingerprint density at radius 1 is 1.00 bits per heavy atom. The molecule has 0 amide bonds. The van der Waals surface area contributed by atoms with Gasteiger partial charge in [-0.25, -0.2) is 0 Å². The fraction of sp³-hybridized carbons (Fsp3) is 0.222. The van der Waals surface area contributed by atoms with E-state index in [4.69, 9.17) is 5.73 Å². The number of rotatable bonds is 3. The molecule has 1 unspecified atom stereocenters. The number of fused-ring (bicyclic) bond motifs is 1. The van der Waals surface area contributed by atoms with Crippen molar-refractivity contribution >= 4 is 11.0 Å². The van der Waals surface area contributed by atoms with Gasteiger partial charge in [0.25, 0.3) is 0 Å². The Morgan fingerprint density at radius 2 is 1.71 bits per heavy atom. The number of benzene rings is 2. The fourth-order valence-electron chi connectivity index (χ4n) is 2.86. The second kappa shape index (κ2) is 5.62. The van der Waals surface area contributed by atoms with E-state index in [1.54, 1.807) is 12.4 Å². The molecule has 0 saturated carbocycles. The molecular weight excluding hydrogens is 258 g/mol. The zero-order valence-electron chi connectivity index (χ0n) is 12.4. The van der Waals surface area contributed by atoms with Gasteiger partial charge >= 0.3 is 0 Å². The highest BCUT2D eigenvalue weighted by Gasteiger charge is 2.12. The molecule has 0 bridgehead atoms. The van der Waals surface area contributed by atoms with E-state index in [-0.39, 0.29) is 6.04 Å². The predicted octanol–water partition coefficient (Wildman–Crippen LogP) is 3.49. The van der Waals surface area contributed by atoms with Crippen LogP contribution in [0.3, 0.4) is 0 Å². The Bertz CT molecular complexity index is 755. The summed E-state index contributed by atoms with van der Waals surface area (Å²) in [6.45, 7) is 4.23. The lowest BCUT2D eigenvalue weighted by molar-refractivity contribution is 0.725. The molecule has 0 fully saturated rings. The highest BCUT2D eigenvalue weighted by atomic mass is 14.8. The lowest BCUT2D eigenvalue weighted by atomic mass is 9.96. The first-order chi connectivity index (χ1) is 10.1. The highest BCUT2D eigenvalue weighted by Crippen LogP contribution is 2.23. The molecule has 1 atom stereocenters. The molecule has 2 N–H and O–H groups in total. The van der Waals surface area contributed by atoms with Crippen molar-refractivity contribution in [3.8, 4) is 0 Å². The van der Waals surface area contributed by atoms with Crippen LogP contribution in [0.25, 0.3) is 11.0 Å². The van der Waals surface area contributed by atoms with Crippen molar-refractivity contribution in [2.24, 2.45) is 5.73 Å². The van der Waals surface area contributed by atoms with Gasteiger partial charge in [-0.2, -0.15) is 0 Å². The summed E-state index contributed by atoms with van der Waals surface area (Å²) in [5, 5.41) is 0. The summed E-state index contributed by atoms with van der Waals surface area (Å²) in [5.74, 6) is 0. The molecule has 21 heavy (non-hydrogen) atoms. The van der Waals surface area contributed by atoms with E-state index in [1.165, 1.54) is 16.7 Å². The average molecular weight is 277 g/mol. The number of aromatic nitrogens is 2. The third kappa shape index (κ3) is 2.93. The van der Waals surface area contributed by atoms with Crippen LogP contribution in [0.1, 0.15) is 28.3 Å². The zero-order valence-corrected chi connectivity index (χ0v) is 12.4. The van der Waals surface area contributed by atoms with Crippen LogP contribution in [0.5, 0.6) is 0 Å². The molecular formula is C18H19N3. The van der Waals surface area contributed by atoms with Crippen molar-refractivity contribution < 1.29 is 0 Å². The van der Waals surface area contributed by atoms with Gasteiger partial charge < -0.3 is 5.73 Å². The topological polar surface area (TPSA) is 51.8 Å². The fourth-order valence-corrected chi connectivity index (χ4v) is 2.86. The van der Waals surface area contributed by atoms with Gasteiger partial charge in [-0.3, -0.25) is 9.97 Å². The summed E-state index contributed by atoms with van der Waals surface area (Å²) in [6, 6.07) is 12.5. The van der Waals surface area contributed by atoms with Crippen LogP contribution >= 0.6 is 0 Å². The smallest absolute Gasteiger partial charge is 0.0934 e. The van der Waals surface area contributed by atoms with Crippen LogP contribution in [-0.2, 0) is 6.42 Å². The SMILES string of the molecule is Cc1cc(C)cc(CC(N)c2cccc3nccnc23)c1. The second-order valence-corrected chi connectivity index (χ2v) is 5.58. The van der Waals surface area contributed by atoms with Crippen LogP contribution in [0.15, 0.2) is 48.8 Å². The Morgan fingerprint density at radius 3 is 2.48 bits per heavy atom. The molecule has 1 heterocycles. The van der Waals surface area contributed by atoms with E-state index in [1.807, 2.05) is 18.2 Å². The maximum atomic E-state index is 6.43. The van der Waals surface area contributed by atoms with E-state index < -0.39 is 0 Å². The number of nitrogens with zero attached hydrogens (tertiary/aromatic N) is 2. The third-order valence-electron chi connectivity index (χ3n) is 3.67. The van der Waals surface area contributed by atoms with Crippen molar-refractivity contribution in [2.75, 3.05) is 0 Å². The largest absolute Gasteiger partial charge is 0.324 e. The molecule has 106 valence electrons. The summed E-state index contributed by atoms with van der Waals surface area (Å²) < 4.78 is 0. The maximum Gasteiger partial charge on any atom is 0.0934 e. The molecule has 0 aliphatic rings. The Hall–Kier alpha value is -2.26. The molecule has 0 spiro atoms. The van der Waals surface area contributed by atoms with Gasteiger partial charge in [-0.1, -0.05) is 41.5 Å². The first-order valence-corrected chi connectivity index (χ1v) is 7.16. The van der Waals surface area contributed by atoms with Gasteiger partial charge in [-0.05, 0) is 37.5 Å². The summed E-state index contributed by atoms with van der Waals surface area (Å²) in [4.78, 5) is 8.78. The van der Waals surface area contributed by atoms with Crippen LogP contribution < -0.4 is 5.73 Å². The standard InChI is InChI=1S/C18H19N3/c1-12-8-13(2)10-14(9-12)11-16(19)15-4-3-5-17-18(15)21-7-6-20-17/h3-10,16H,11,19H2,1-2H3. The van der Waals surface area contributed by atoms with E-state index in [0.717, 1.165) is 23.0 Å². The minimum absolute atomic E-state index is 0.0772. The number of para-hydroxylation sites is 1. The van der Waals surface area contributed by atoms with Crippen LogP contribution in [0, 0.1) is 13.8 Å². The number of aryl methyl sites for hydroxylation is 2. The molecule has 3 rings (SSSR count). The van der Waals surface area contributed by atoms with Gasteiger partial charge in [0.2, 0.25) is 0 Å². The van der Waals surface area contributed by atoms with E-state index in [2.05, 4.69) is 42.0 Å². The van der Waals surface area contributed by atoms with Gasteiger partial charge in [0.05, 0.1) is 11.0 Å². The highest BCUT2D eigenvalue weighted by molar-refractivity contribution is 5.78. The van der Waals surface area contributed by atoms with Crippen LogP contribution in [-0.4, -0.2) is 9.97 Å². The summed E-state index contributed by atoms with van der Waals surface area (Å²) in [5.41, 5.74) is 13.1. The number of nitrogens with two attached hydrogens (primary N) is 1. The monoisotopic (exact) mass is 277 g/mol. The minimum atomic E-state index is -0.0772. The van der Waals surface area contributed by atoms with E-state index in [9.17, 15) is 0 Å². The molecule has 3 heteroatoms. The first-order valence-electron chi connectivity index (χ1n) is 7.16. The second-order valence-electron chi connectivity index (χ2n) is 5.58.